The van der Waals surface area contributed by atoms with Crippen LogP contribution in [0.1, 0.15) is 43.8 Å². The van der Waals surface area contributed by atoms with Gasteiger partial charge >= 0.3 is 0 Å². The average Bonchev–Trinajstić information content (AvgIpc) is 2.54. The molecule has 20 heavy (non-hydrogen) atoms. The number of hydrogen-bond donors (Lipinski definition) is 1. The van der Waals surface area contributed by atoms with Gasteiger partial charge in [-0.2, -0.15) is 0 Å². The van der Waals surface area contributed by atoms with Crippen molar-refractivity contribution >= 4 is 10.9 Å². The summed E-state index contributed by atoms with van der Waals surface area (Å²) in [5.41, 5.74) is 1.31. The molecule has 0 amide bonds. The molecule has 0 spiro atoms. The third-order valence-corrected chi connectivity index (χ3v) is 4.56. The van der Waals surface area contributed by atoms with E-state index < -0.39 is 11.7 Å². The number of aromatic nitrogens is 1. The second kappa shape index (κ2) is 5.51. The Morgan fingerprint density at radius 2 is 1.90 bits per heavy atom. The summed E-state index contributed by atoms with van der Waals surface area (Å²) in [6, 6.07) is 9.92. The smallest absolute Gasteiger partial charge is 0.110 e. The number of hydrogen-bond acceptors (Lipinski definition) is 3. The third kappa shape index (κ3) is 2.21. The van der Waals surface area contributed by atoms with E-state index in [1.165, 1.54) is 6.42 Å². The highest BCUT2D eigenvalue weighted by Gasteiger charge is 2.40. The molecule has 1 aromatic carbocycles. The monoisotopic (exact) mass is 271 g/mol. The predicted octanol–water partition coefficient (Wildman–Crippen LogP) is 3.62. The van der Waals surface area contributed by atoms with Gasteiger partial charge in [-0.15, -0.1) is 0 Å². The number of pyridine rings is 1. The molecule has 0 radical (unpaired) electrons. The highest BCUT2D eigenvalue weighted by Crippen LogP contribution is 2.42. The van der Waals surface area contributed by atoms with Crippen LogP contribution in [-0.4, -0.2) is 22.8 Å². The number of aliphatic hydroxyl groups excluding tert-OH is 1. The maximum absolute atomic E-state index is 10.9. The molecule has 0 bridgehead atoms. The second-order valence-electron chi connectivity index (χ2n) is 5.65. The Morgan fingerprint density at radius 1 is 1.15 bits per heavy atom. The topological polar surface area (TPSA) is 42.4 Å². The Bertz CT molecular complexity index is 585. The fourth-order valence-electron chi connectivity index (χ4n) is 3.37. The molecule has 1 fully saturated rings. The Balaban J connectivity index is 2.05. The molecule has 0 saturated heterocycles. The molecule has 1 atom stereocenters. The van der Waals surface area contributed by atoms with Crippen LogP contribution in [0.2, 0.25) is 0 Å². The van der Waals surface area contributed by atoms with E-state index in [1.54, 1.807) is 13.3 Å². The van der Waals surface area contributed by atoms with E-state index >= 15 is 0 Å². The van der Waals surface area contributed by atoms with Gasteiger partial charge in [-0.25, -0.2) is 0 Å². The number of fused-ring (bicyclic) bond motifs is 1. The van der Waals surface area contributed by atoms with E-state index in [0.29, 0.717) is 0 Å². The van der Waals surface area contributed by atoms with Crippen molar-refractivity contribution in [2.45, 2.75) is 43.8 Å². The lowest BCUT2D eigenvalue weighted by Crippen LogP contribution is -2.40. The van der Waals surface area contributed by atoms with Crippen LogP contribution < -0.4 is 0 Å². The standard InChI is InChI=1S/C17H21NO2/c1-20-17(10-3-2-4-11-17)16(19)14-9-5-7-13-8-6-12-18-15(13)14/h5-9,12,16,19H,2-4,10-11H2,1H3. The van der Waals surface area contributed by atoms with Crippen LogP contribution in [0, 0.1) is 0 Å². The first kappa shape index (κ1) is 13.5. The SMILES string of the molecule is COC1(C(O)c2cccc3cccnc23)CCCCC1. The lowest BCUT2D eigenvalue weighted by Gasteiger charge is -2.40. The van der Waals surface area contributed by atoms with Gasteiger partial charge in [-0.1, -0.05) is 43.5 Å². The third-order valence-electron chi connectivity index (χ3n) is 4.56. The number of aliphatic hydroxyl groups is 1. The van der Waals surface area contributed by atoms with Gasteiger partial charge in [-0.05, 0) is 18.9 Å². The summed E-state index contributed by atoms with van der Waals surface area (Å²) in [4.78, 5) is 4.45. The fraction of sp³-hybridized carbons (Fsp3) is 0.471. The van der Waals surface area contributed by atoms with Crippen molar-refractivity contribution in [1.82, 2.24) is 4.98 Å². The molecular formula is C17H21NO2. The minimum atomic E-state index is -0.619. The molecule has 1 saturated carbocycles. The van der Waals surface area contributed by atoms with Gasteiger partial charge in [0.2, 0.25) is 0 Å². The van der Waals surface area contributed by atoms with Gasteiger partial charge in [0.05, 0.1) is 11.1 Å². The Morgan fingerprint density at radius 3 is 2.65 bits per heavy atom. The minimum Gasteiger partial charge on any atom is -0.385 e. The van der Waals surface area contributed by atoms with Crippen LogP contribution in [0.15, 0.2) is 36.5 Å². The molecule has 3 rings (SSSR count). The van der Waals surface area contributed by atoms with Crippen LogP contribution in [0.5, 0.6) is 0 Å². The molecule has 1 unspecified atom stereocenters. The van der Waals surface area contributed by atoms with E-state index in [2.05, 4.69) is 4.98 Å². The summed E-state index contributed by atoms with van der Waals surface area (Å²) in [6.07, 6.45) is 6.43. The van der Waals surface area contributed by atoms with Gasteiger partial charge in [0.15, 0.2) is 0 Å². The molecular weight excluding hydrogens is 250 g/mol. The first-order valence-electron chi connectivity index (χ1n) is 7.34. The highest BCUT2D eigenvalue weighted by molar-refractivity contribution is 5.82. The lowest BCUT2D eigenvalue weighted by molar-refractivity contribution is -0.124. The maximum atomic E-state index is 10.9. The molecule has 1 N–H and O–H groups in total. The summed E-state index contributed by atoms with van der Waals surface area (Å²) < 4.78 is 5.77. The van der Waals surface area contributed by atoms with E-state index in [1.807, 2.05) is 30.3 Å². The molecule has 2 aromatic rings. The van der Waals surface area contributed by atoms with Crippen molar-refractivity contribution < 1.29 is 9.84 Å². The molecule has 3 heteroatoms. The van der Waals surface area contributed by atoms with Crippen LogP contribution in [0.25, 0.3) is 10.9 Å². The maximum Gasteiger partial charge on any atom is 0.110 e. The van der Waals surface area contributed by atoms with Crippen molar-refractivity contribution in [2.24, 2.45) is 0 Å². The van der Waals surface area contributed by atoms with Crippen molar-refractivity contribution in [3.8, 4) is 0 Å². The summed E-state index contributed by atoms with van der Waals surface area (Å²) >= 11 is 0. The number of benzene rings is 1. The molecule has 1 aromatic heterocycles. The Labute approximate surface area is 119 Å². The number of para-hydroxylation sites is 1. The predicted molar refractivity (Wildman–Crippen MR) is 79.5 cm³/mol. The van der Waals surface area contributed by atoms with Crippen LogP contribution in [0.4, 0.5) is 0 Å². The number of nitrogens with zero attached hydrogens (tertiary/aromatic N) is 1. The van der Waals surface area contributed by atoms with Crippen molar-refractivity contribution in [1.29, 1.82) is 0 Å². The summed E-state index contributed by atoms with van der Waals surface area (Å²) in [6.45, 7) is 0. The minimum absolute atomic E-state index is 0.454. The number of methoxy groups -OCH3 is 1. The Kier molecular flexibility index (Phi) is 3.72. The van der Waals surface area contributed by atoms with Crippen molar-refractivity contribution in [3.63, 3.8) is 0 Å². The first-order valence-corrected chi connectivity index (χ1v) is 7.34. The summed E-state index contributed by atoms with van der Waals surface area (Å²) in [5.74, 6) is 0. The average molecular weight is 271 g/mol. The van der Waals surface area contributed by atoms with Gasteiger partial charge in [-0.3, -0.25) is 4.98 Å². The molecule has 1 aliphatic carbocycles. The molecule has 0 aliphatic heterocycles. The van der Waals surface area contributed by atoms with E-state index in [-0.39, 0.29) is 0 Å². The number of rotatable bonds is 3. The quantitative estimate of drug-likeness (QED) is 0.927. The van der Waals surface area contributed by atoms with E-state index in [9.17, 15) is 5.11 Å². The van der Waals surface area contributed by atoms with Gasteiger partial charge in [0, 0.05) is 24.3 Å². The van der Waals surface area contributed by atoms with Gasteiger partial charge < -0.3 is 9.84 Å². The largest absolute Gasteiger partial charge is 0.385 e. The normalized spacial score (nSPS) is 19.9. The highest BCUT2D eigenvalue weighted by atomic mass is 16.5. The van der Waals surface area contributed by atoms with E-state index in [4.69, 9.17) is 4.74 Å². The molecule has 1 heterocycles. The lowest BCUT2D eigenvalue weighted by atomic mass is 9.78. The summed E-state index contributed by atoms with van der Waals surface area (Å²) in [7, 11) is 1.72. The molecule has 106 valence electrons. The van der Waals surface area contributed by atoms with Crippen molar-refractivity contribution in [3.05, 3.63) is 42.1 Å². The van der Waals surface area contributed by atoms with E-state index in [0.717, 1.165) is 42.1 Å². The Hall–Kier alpha value is -1.45. The summed E-state index contributed by atoms with van der Waals surface area (Å²) in [5, 5.41) is 12.0. The zero-order valence-electron chi connectivity index (χ0n) is 11.9. The fourth-order valence-corrected chi connectivity index (χ4v) is 3.37. The molecule has 1 aliphatic rings. The van der Waals surface area contributed by atoms with Crippen molar-refractivity contribution in [2.75, 3.05) is 7.11 Å². The van der Waals surface area contributed by atoms with Gasteiger partial charge in [0.1, 0.15) is 6.10 Å². The second-order valence-corrected chi connectivity index (χ2v) is 5.65. The van der Waals surface area contributed by atoms with Gasteiger partial charge in [0.25, 0.3) is 0 Å². The van der Waals surface area contributed by atoms with Crippen LogP contribution in [0.3, 0.4) is 0 Å². The zero-order valence-corrected chi connectivity index (χ0v) is 11.9. The van der Waals surface area contributed by atoms with Crippen LogP contribution in [-0.2, 0) is 4.74 Å². The molecule has 3 nitrogen and oxygen atoms in total. The zero-order chi connectivity index (χ0) is 14.0. The first-order chi connectivity index (χ1) is 9.77. The van der Waals surface area contributed by atoms with Crippen LogP contribution >= 0.6 is 0 Å². The number of ether oxygens (including phenoxy) is 1.